The highest BCUT2D eigenvalue weighted by Gasteiger charge is 2.33. The highest BCUT2D eigenvalue weighted by Crippen LogP contribution is 2.31. The van der Waals surface area contributed by atoms with E-state index in [1.165, 1.54) is 6.39 Å². The highest BCUT2D eigenvalue weighted by atomic mass is 16.3. The zero-order valence-electron chi connectivity index (χ0n) is 13.7. The molecule has 2 aliphatic heterocycles. The van der Waals surface area contributed by atoms with Crippen molar-refractivity contribution in [3.05, 3.63) is 41.7 Å². The molecule has 2 aliphatic rings. The second-order valence-corrected chi connectivity index (χ2v) is 6.38. The number of pyridine rings is 1. The molecule has 1 atom stereocenters. The van der Waals surface area contributed by atoms with Crippen molar-refractivity contribution in [2.75, 3.05) is 18.0 Å². The van der Waals surface area contributed by atoms with Gasteiger partial charge in [-0.1, -0.05) is 6.07 Å². The highest BCUT2D eigenvalue weighted by molar-refractivity contribution is 5.75. The average Bonchev–Trinajstić information content (AvgIpc) is 3.18. The number of hydrogen-bond donors (Lipinski definition) is 1. The van der Waals surface area contributed by atoms with Crippen LogP contribution in [0.15, 0.2) is 29.1 Å². The van der Waals surface area contributed by atoms with E-state index in [4.69, 9.17) is 4.42 Å². The minimum atomic E-state index is -0.0747. The first-order valence-corrected chi connectivity index (χ1v) is 8.34. The van der Waals surface area contributed by atoms with E-state index >= 15 is 0 Å². The van der Waals surface area contributed by atoms with Crippen LogP contribution < -0.4 is 10.2 Å². The summed E-state index contributed by atoms with van der Waals surface area (Å²) in [6, 6.07) is 4.26. The third-order valence-corrected chi connectivity index (χ3v) is 4.84. The lowest BCUT2D eigenvalue weighted by Gasteiger charge is -2.26. The summed E-state index contributed by atoms with van der Waals surface area (Å²) < 4.78 is 5.29. The van der Waals surface area contributed by atoms with Crippen LogP contribution in [0.1, 0.15) is 29.9 Å². The van der Waals surface area contributed by atoms with Gasteiger partial charge in [0.2, 0.25) is 0 Å². The van der Waals surface area contributed by atoms with Crippen molar-refractivity contribution in [3.63, 3.8) is 0 Å². The van der Waals surface area contributed by atoms with Gasteiger partial charge in [-0.2, -0.15) is 0 Å². The van der Waals surface area contributed by atoms with Gasteiger partial charge in [0.15, 0.2) is 6.39 Å². The van der Waals surface area contributed by atoms with Crippen molar-refractivity contribution in [1.29, 1.82) is 0 Å². The maximum Gasteiger partial charge on any atom is 0.318 e. The summed E-state index contributed by atoms with van der Waals surface area (Å²) in [6.07, 6.45) is 5.48. The average molecular weight is 327 g/mol. The molecule has 0 bridgehead atoms. The molecular formula is C17H21N5O2. The number of oxazole rings is 1. The number of urea groups is 1. The lowest BCUT2D eigenvalue weighted by Crippen LogP contribution is -2.44. The molecule has 1 N–H and O–H groups in total. The normalized spacial score (nSPS) is 19.6. The van der Waals surface area contributed by atoms with Crippen LogP contribution in [0.3, 0.4) is 0 Å². The van der Waals surface area contributed by atoms with E-state index < -0.39 is 0 Å². The zero-order valence-corrected chi connectivity index (χ0v) is 13.7. The molecule has 1 saturated heterocycles. The molecule has 0 spiro atoms. The maximum atomic E-state index is 12.7. The Morgan fingerprint density at radius 2 is 2.38 bits per heavy atom. The molecule has 24 heavy (non-hydrogen) atoms. The Labute approximate surface area is 140 Å². The van der Waals surface area contributed by atoms with Crippen LogP contribution >= 0.6 is 0 Å². The van der Waals surface area contributed by atoms with E-state index in [-0.39, 0.29) is 6.03 Å². The second kappa shape index (κ2) is 6.14. The van der Waals surface area contributed by atoms with Crippen LogP contribution in [0.25, 0.3) is 0 Å². The molecule has 2 aromatic heterocycles. The fraction of sp³-hybridized carbons (Fsp3) is 0.471. The Balaban J connectivity index is 1.51. The number of hydrogen-bond acceptors (Lipinski definition) is 5. The third kappa shape index (κ3) is 2.70. The lowest BCUT2D eigenvalue weighted by molar-refractivity contribution is 0.191. The summed E-state index contributed by atoms with van der Waals surface area (Å²) in [5.41, 5.74) is 1.91. The van der Waals surface area contributed by atoms with Gasteiger partial charge in [0.25, 0.3) is 0 Å². The van der Waals surface area contributed by atoms with Gasteiger partial charge in [0.1, 0.15) is 11.6 Å². The predicted octanol–water partition coefficient (Wildman–Crippen LogP) is 2.07. The van der Waals surface area contributed by atoms with E-state index in [0.29, 0.717) is 24.9 Å². The summed E-state index contributed by atoms with van der Waals surface area (Å²) in [7, 11) is 0. The molecule has 126 valence electrons. The molecule has 4 rings (SSSR count). The summed E-state index contributed by atoms with van der Waals surface area (Å²) in [5, 5.41) is 2.95. The molecule has 0 radical (unpaired) electrons. The maximum absolute atomic E-state index is 12.7. The fourth-order valence-corrected chi connectivity index (χ4v) is 3.56. The van der Waals surface area contributed by atoms with Crippen LogP contribution in [-0.2, 0) is 13.1 Å². The first-order valence-electron chi connectivity index (χ1n) is 8.34. The van der Waals surface area contributed by atoms with E-state index in [1.54, 1.807) is 0 Å². The molecule has 0 saturated carbocycles. The van der Waals surface area contributed by atoms with Crippen molar-refractivity contribution in [1.82, 2.24) is 20.2 Å². The Hall–Kier alpha value is -2.57. The van der Waals surface area contributed by atoms with Gasteiger partial charge in [0.05, 0.1) is 18.8 Å². The molecular weight excluding hydrogens is 306 g/mol. The number of fused-ring (bicyclic) bond motifs is 3. The molecule has 7 heteroatoms. The van der Waals surface area contributed by atoms with E-state index in [1.807, 2.05) is 24.1 Å². The number of nitrogens with zero attached hydrogens (tertiary/aromatic N) is 4. The summed E-state index contributed by atoms with van der Waals surface area (Å²) >= 11 is 0. The minimum absolute atomic E-state index is 0.0747. The van der Waals surface area contributed by atoms with Crippen LogP contribution in [0, 0.1) is 6.92 Å². The van der Waals surface area contributed by atoms with Crippen molar-refractivity contribution in [3.8, 4) is 0 Å². The number of aryl methyl sites for hydroxylation is 1. The standard InChI is InChI=1S/C17H21N5O2/c1-12-15(24-11-20-12)8-19-17(23)21-9-13-4-2-6-18-16(13)22-7-3-5-14(22)10-21/h2,4,6,11,14H,3,5,7-10H2,1H3,(H,19,23)/t14-/m1/s1. The topological polar surface area (TPSA) is 74.5 Å². The smallest absolute Gasteiger partial charge is 0.318 e. The van der Waals surface area contributed by atoms with Gasteiger partial charge in [-0.3, -0.25) is 0 Å². The van der Waals surface area contributed by atoms with E-state index in [2.05, 4.69) is 26.3 Å². The van der Waals surface area contributed by atoms with Crippen LogP contribution in [-0.4, -0.2) is 40.0 Å². The first-order chi connectivity index (χ1) is 11.7. The van der Waals surface area contributed by atoms with Crippen molar-refractivity contribution in [2.45, 2.75) is 38.9 Å². The number of amides is 2. The molecule has 1 fully saturated rings. The fourth-order valence-electron chi connectivity index (χ4n) is 3.56. The predicted molar refractivity (Wildman–Crippen MR) is 88.5 cm³/mol. The van der Waals surface area contributed by atoms with Crippen LogP contribution in [0.4, 0.5) is 10.6 Å². The number of anilines is 1. The molecule has 4 heterocycles. The Morgan fingerprint density at radius 3 is 3.21 bits per heavy atom. The van der Waals surface area contributed by atoms with Crippen LogP contribution in [0.2, 0.25) is 0 Å². The van der Waals surface area contributed by atoms with Gasteiger partial charge in [-0.05, 0) is 25.8 Å². The Bertz CT molecular complexity index is 744. The van der Waals surface area contributed by atoms with E-state index in [9.17, 15) is 4.79 Å². The zero-order chi connectivity index (χ0) is 16.5. The monoisotopic (exact) mass is 327 g/mol. The number of rotatable bonds is 2. The summed E-state index contributed by atoms with van der Waals surface area (Å²) in [5.74, 6) is 1.73. The quantitative estimate of drug-likeness (QED) is 0.914. The largest absolute Gasteiger partial charge is 0.446 e. The number of carbonyl (C=O) groups excluding carboxylic acids is 1. The van der Waals surface area contributed by atoms with Crippen LogP contribution in [0.5, 0.6) is 0 Å². The number of nitrogens with one attached hydrogen (secondary N) is 1. The van der Waals surface area contributed by atoms with E-state index in [0.717, 1.165) is 43.0 Å². The molecule has 2 aromatic rings. The van der Waals surface area contributed by atoms with Gasteiger partial charge < -0.3 is 19.5 Å². The van der Waals surface area contributed by atoms with Gasteiger partial charge in [-0.15, -0.1) is 0 Å². The number of carbonyl (C=O) groups is 1. The first kappa shape index (κ1) is 15.0. The molecule has 0 unspecified atom stereocenters. The Kier molecular flexibility index (Phi) is 3.84. The van der Waals surface area contributed by atoms with Gasteiger partial charge >= 0.3 is 6.03 Å². The summed E-state index contributed by atoms with van der Waals surface area (Å²) in [4.78, 5) is 25.5. The van der Waals surface area contributed by atoms with Crippen molar-refractivity contribution < 1.29 is 9.21 Å². The van der Waals surface area contributed by atoms with Gasteiger partial charge in [-0.25, -0.2) is 14.8 Å². The minimum Gasteiger partial charge on any atom is -0.446 e. The van der Waals surface area contributed by atoms with Gasteiger partial charge in [0, 0.05) is 30.9 Å². The second-order valence-electron chi connectivity index (χ2n) is 6.38. The molecule has 0 aromatic carbocycles. The molecule has 0 aliphatic carbocycles. The van der Waals surface area contributed by atoms with Crippen molar-refractivity contribution in [2.24, 2.45) is 0 Å². The molecule has 2 amide bonds. The Morgan fingerprint density at radius 1 is 1.46 bits per heavy atom. The number of aromatic nitrogens is 2. The summed E-state index contributed by atoms with van der Waals surface area (Å²) in [6.45, 7) is 4.54. The lowest BCUT2D eigenvalue weighted by atomic mass is 10.2. The molecule has 7 nitrogen and oxygen atoms in total. The SMILES string of the molecule is Cc1ncoc1CNC(=O)N1Cc2cccnc2N2CCC[C@@H]2C1. The van der Waals surface area contributed by atoms with Crippen molar-refractivity contribution >= 4 is 11.8 Å². The third-order valence-electron chi connectivity index (χ3n) is 4.84.